The van der Waals surface area contributed by atoms with Crippen molar-refractivity contribution in [2.45, 2.75) is 12.5 Å². The number of non-ortho nitro benzene ring substituents is 1. The molecule has 30 heavy (non-hydrogen) atoms. The van der Waals surface area contributed by atoms with Gasteiger partial charge in [-0.25, -0.2) is 0 Å². The Hall–Kier alpha value is -4.04. The van der Waals surface area contributed by atoms with Crippen LogP contribution in [0.2, 0.25) is 0 Å². The van der Waals surface area contributed by atoms with Gasteiger partial charge in [-0.3, -0.25) is 19.7 Å². The van der Waals surface area contributed by atoms with E-state index in [2.05, 4.69) is 10.6 Å². The first-order valence-electron chi connectivity index (χ1n) is 8.98. The number of rotatable bonds is 7. The van der Waals surface area contributed by atoms with E-state index in [1.165, 1.54) is 24.3 Å². The van der Waals surface area contributed by atoms with Crippen molar-refractivity contribution in [3.8, 4) is 0 Å². The molecule has 3 aromatic rings. The van der Waals surface area contributed by atoms with Crippen LogP contribution in [0.5, 0.6) is 0 Å². The second-order valence-electron chi connectivity index (χ2n) is 6.38. The Balaban J connectivity index is 0.00000320. The van der Waals surface area contributed by atoms with Gasteiger partial charge in [0.25, 0.3) is 11.6 Å². The Bertz CT molecular complexity index is 992. The molecule has 0 aromatic heterocycles. The first-order chi connectivity index (χ1) is 14.0. The second-order valence-corrected chi connectivity index (χ2v) is 6.38. The monoisotopic (exact) mass is 407 g/mol. The van der Waals surface area contributed by atoms with E-state index in [4.69, 9.17) is 0 Å². The lowest BCUT2D eigenvalue weighted by molar-refractivity contribution is -0.384. The number of carbonyl (C=O) groups excluding carboxylic acids is 2. The van der Waals surface area contributed by atoms with Gasteiger partial charge in [-0.2, -0.15) is 0 Å². The van der Waals surface area contributed by atoms with E-state index in [1.807, 2.05) is 30.3 Å². The number of hydrogen-bond donors (Lipinski definition) is 2. The van der Waals surface area contributed by atoms with E-state index in [-0.39, 0.29) is 17.1 Å². The van der Waals surface area contributed by atoms with Gasteiger partial charge >= 0.3 is 0 Å². The van der Waals surface area contributed by atoms with Gasteiger partial charge in [0.15, 0.2) is 0 Å². The largest absolute Gasteiger partial charge is 0.412 e. The van der Waals surface area contributed by atoms with Crippen molar-refractivity contribution < 1.29 is 20.0 Å². The molecule has 0 spiro atoms. The van der Waals surface area contributed by atoms with Crippen molar-refractivity contribution in [1.29, 1.82) is 0 Å². The second kappa shape index (κ2) is 10.5. The molecule has 154 valence electrons. The zero-order chi connectivity index (χ0) is 20.6. The van der Waals surface area contributed by atoms with Crippen LogP contribution in [0, 0.1) is 10.1 Å². The molecule has 3 rings (SSSR count). The lowest BCUT2D eigenvalue weighted by Crippen LogP contribution is -2.45. The molecule has 0 heterocycles. The number of nitro benzene ring substituents is 1. The summed E-state index contributed by atoms with van der Waals surface area (Å²) in [7, 11) is 0. The lowest BCUT2D eigenvalue weighted by Gasteiger charge is -2.19. The van der Waals surface area contributed by atoms with Gasteiger partial charge in [0, 0.05) is 29.8 Å². The highest BCUT2D eigenvalue weighted by atomic mass is 16.6. The van der Waals surface area contributed by atoms with E-state index >= 15 is 0 Å². The number of anilines is 1. The Morgan fingerprint density at radius 2 is 1.43 bits per heavy atom. The third-order valence-electron chi connectivity index (χ3n) is 4.29. The van der Waals surface area contributed by atoms with Crippen LogP contribution >= 0.6 is 0 Å². The summed E-state index contributed by atoms with van der Waals surface area (Å²) in [6, 6.07) is 22.7. The van der Waals surface area contributed by atoms with Gasteiger partial charge < -0.3 is 16.1 Å². The number of nitrogens with one attached hydrogen (secondary N) is 2. The van der Waals surface area contributed by atoms with Crippen LogP contribution in [0.4, 0.5) is 11.4 Å². The topological polar surface area (TPSA) is 133 Å². The lowest BCUT2D eigenvalue weighted by atomic mass is 10.0. The average molecular weight is 407 g/mol. The molecule has 0 saturated carbocycles. The molecule has 1 atom stereocenters. The molecule has 8 nitrogen and oxygen atoms in total. The van der Waals surface area contributed by atoms with Gasteiger partial charge in [0.05, 0.1) is 4.92 Å². The van der Waals surface area contributed by atoms with Crippen molar-refractivity contribution in [2.24, 2.45) is 0 Å². The minimum atomic E-state index is -0.819. The molecule has 0 aliphatic heterocycles. The molecule has 0 aliphatic carbocycles. The number of carbonyl (C=O) groups is 2. The van der Waals surface area contributed by atoms with Crippen molar-refractivity contribution in [3.63, 3.8) is 0 Å². The summed E-state index contributed by atoms with van der Waals surface area (Å²) in [5, 5.41) is 16.3. The maximum absolute atomic E-state index is 12.8. The molecule has 0 saturated heterocycles. The van der Waals surface area contributed by atoms with E-state index in [0.717, 1.165) is 5.56 Å². The van der Waals surface area contributed by atoms with E-state index in [9.17, 15) is 19.7 Å². The molecule has 3 aromatic carbocycles. The maximum Gasteiger partial charge on any atom is 0.269 e. The predicted molar refractivity (Wildman–Crippen MR) is 113 cm³/mol. The van der Waals surface area contributed by atoms with Gasteiger partial charge in [-0.15, -0.1) is 0 Å². The third kappa shape index (κ3) is 5.98. The molecule has 8 heteroatoms. The summed E-state index contributed by atoms with van der Waals surface area (Å²) in [5.41, 5.74) is 1.69. The zero-order valence-corrected chi connectivity index (χ0v) is 15.9. The fourth-order valence-electron chi connectivity index (χ4n) is 2.79. The maximum atomic E-state index is 12.8. The number of nitrogens with zero attached hydrogens (tertiary/aromatic N) is 1. The quantitative estimate of drug-likeness (QED) is 0.460. The minimum absolute atomic E-state index is 0. The molecule has 0 radical (unpaired) electrons. The fourth-order valence-corrected chi connectivity index (χ4v) is 2.79. The van der Waals surface area contributed by atoms with Gasteiger partial charge in [-0.05, 0) is 29.8 Å². The van der Waals surface area contributed by atoms with Crippen molar-refractivity contribution in [3.05, 3.63) is 106 Å². The minimum Gasteiger partial charge on any atom is -0.412 e. The first kappa shape index (κ1) is 22.3. The summed E-state index contributed by atoms with van der Waals surface area (Å²) < 4.78 is 0. The predicted octanol–water partition coefficient (Wildman–Crippen LogP) is 2.75. The first-order valence-corrected chi connectivity index (χ1v) is 8.98. The fraction of sp³-hybridized carbons (Fsp3) is 0.0909. The highest BCUT2D eigenvalue weighted by molar-refractivity contribution is 6.01. The molecule has 1 unspecified atom stereocenters. The van der Waals surface area contributed by atoms with Gasteiger partial charge in [0.2, 0.25) is 5.91 Å². The number of nitro groups is 1. The molecule has 0 aliphatic rings. The summed E-state index contributed by atoms with van der Waals surface area (Å²) in [4.78, 5) is 35.7. The number of amides is 2. The van der Waals surface area contributed by atoms with Crippen LogP contribution in [0.1, 0.15) is 15.9 Å². The van der Waals surface area contributed by atoms with Crippen molar-refractivity contribution in [1.82, 2.24) is 5.32 Å². The van der Waals surface area contributed by atoms with Crippen molar-refractivity contribution >= 4 is 23.2 Å². The SMILES string of the molecule is O.O=C(NC(Cc1ccccc1)C(=O)Nc1ccc([N+](=O)[O-])cc1)c1ccccc1. The van der Waals surface area contributed by atoms with Crippen LogP contribution in [-0.4, -0.2) is 28.3 Å². The molecular formula is C22H21N3O5. The molecule has 0 fully saturated rings. The standard InChI is InChI=1S/C22H19N3O4.H2O/c26-21(17-9-5-2-6-10-17)24-20(15-16-7-3-1-4-8-16)22(27)23-18-11-13-19(14-12-18)25(28)29;/h1-14,20H,15H2,(H,23,27)(H,24,26);1H2. The molecule has 4 N–H and O–H groups in total. The van der Waals surface area contributed by atoms with Gasteiger partial charge in [0.1, 0.15) is 6.04 Å². The summed E-state index contributed by atoms with van der Waals surface area (Å²) in [6.07, 6.45) is 0.304. The van der Waals surface area contributed by atoms with Crippen LogP contribution in [0.25, 0.3) is 0 Å². The highest BCUT2D eigenvalue weighted by Crippen LogP contribution is 2.16. The van der Waals surface area contributed by atoms with Crippen molar-refractivity contribution in [2.75, 3.05) is 5.32 Å². The normalized spacial score (nSPS) is 10.9. The smallest absolute Gasteiger partial charge is 0.269 e. The van der Waals surface area contributed by atoms with Gasteiger partial charge in [-0.1, -0.05) is 48.5 Å². The van der Waals surface area contributed by atoms with Crippen LogP contribution < -0.4 is 10.6 Å². The Morgan fingerprint density at radius 1 is 0.867 bits per heavy atom. The zero-order valence-electron chi connectivity index (χ0n) is 15.9. The third-order valence-corrected chi connectivity index (χ3v) is 4.29. The molecule has 2 amide bonds. The average Bonchev–Trinajstić information content (AvgIpc) is 2.75. The summed E-state index contributed by atoms with van der Waals surface area (Å²) in [5.74, 6) is -0.766. The van der Waals surface area contributed by atoms with Crippen LogP contribution in [0.3, 0.4) is 0 Å². The Morgan fingerprint density at radius 3 is 2.00 bits per heavy atom. The number of hydrogen-bond acceptors (Lipinski definition) is 4. The van der Waals surface area contributed by atoms with Crippen LogP contribution in [0.15, 0.2) is 84.9 Å². The summed E-state index contributed by atoms with van der Waals surface area (Å²) >= 11 is 0. The van der Waals surface area contributed by atoms with E-state index in [1.54, 1.807) is 30.3 Å². The molecular weight excluding hydrogens is 386 g/mol. The Kier molecular flexibility index (Phi) is 7.78. The summed E-state index contributed by atoms with van der Waals surface area (Å²) in [6.45, 7) is 0. The Labute approximate surface area is 173 Å². The van der Waals surface area contributed by atoms with Crippen LogP contribution in [-0.2, 0) is 11.2 Å². The van der Waals surface area contributed by atoms with E-state index in [0.29, 0.717) is 17.7 Å². The highest BCUT2D eigenvalue weighted by Gasteiger charge is 2.22. The van der Waals surface area contributed by atoms with E-state index < -0.39 is 16.9 Å². The molecule has 0 bridgehead atoms. The number of benzene rings is 3.